The van der Waals surface area contributed by atoms with Gasteiger partial charge in [-0.3, -0.25) is 9.25 Å². The number of ether oxygens (including phenoxy) is 3. The molecule has 0 bridgehead atoms. The van der Waals surface area contributed by atoms with Gasteiger partial charge in [0.15, 0.2) is 5.75 Å². The van der Waals surface area contributed by atoms with Crippen molar-refractivity contribution in [2.75, 3.05) is 26.9 Å². The molecule has 186 valence electrons. The second kappa shape index (κ2) is 9.82. The lowest BCUT2D eigenvalue weighted by Crippen LogP contribution is -2.17. The number of fused-ring (bicyclic) bond motifs is 1. The molecule has 35 heavy (non-hydrogen) atoms. The van der Waals surface area contributed by atoms with Crippen LogP contribution in [-0.2, 0) is 11.3 Å². The van der Waals surface area contributed by atoms with Crippen LogP contribution in [0.5, 0.6) is 17.5 Å². The fourth-order valence-electron chi connectivity index (χ4n) is 3.65. The highest BCUT2D eigenvalue weighted by Gasteiger charge is 2.28. The highest BCUT2D eigenvalue weighted by molar-refractivity contribution is 5.90. The zero-order valence-electron chi connectivity index (χ0n) is 19.3. The Balaban J connectivity index is 1.66. The Labute approximate surface area is 198 Å². The molecule has 9 nitrogen and oxygen atoms in total. The van der Waals surface area contributed by atoms with Crippen molar-refractivity contribution in [3.8, 4) is 34.5 Å². The van der Waals surface area contributed by atoms with E-state index in [1.165, 1.54) is 24.1 Å². The van der Waals surface area contributed by atoms with E-state index in [1.54, 1.807) is 31.5 Å². The van der Waals surface area contributed by atoms with Crippen molar-refractivity contribution in [1.29, 1.82) is 0 Å². The van der Waals surface area contributed by atoms with E-state index in [0.717, 1.165) is 10.2 Å². The van der Waals surface area contributed by atoms with Gasteiger partial charge in [-0.15, -0.1) is 0 Å². The quantitative estimate of drug-likeness (QED) is 0.349. The number of rotatable bonds is 9. The molecule has 12 heteroatoms. The van der Waals surface area contributed by atoms with E-state index in [4.69, 9.17) is 14.2 Å². The number of aryl methyl sites for hydroxylation is 1. The van der Waals surface area contributed by atoms with Gasteiger partial charge in [-0.25, -0.2) is 9.97 Å². The maximum Gasteiger partial charge on any atom is 0.408 e. The second-order valence-corrected chi connectivity index (χ2v) is 7.70. The van der Waals surface area contributed by atoms with E-state index < -0.39 is 12.7 Å². The van der Waals surface area contributed by atoms with Crippen molar-refractivity contribution in [2.45, 2.75) is 26.6 Å². The van der Waals surface area contributed by atoms with Gasteiger partial charge in [-0.05, 0) is 31.5 Å². The van der Waals surface area contributed by atoms with Crippen LogP contribution >= 0.6 is 0 Å². The minimum atomic E-state index is -4.40. The van der Waals surface area contributed by atoms with Crippen molar-refractivity contribution in [3.05, 3.63) is 42.5 Å². The SMILES string of the molecule is CCOCCOc1ncc(-c2cc(C)c3c(O)n(-c4cnn(CC(F)(F)F)c4)cc3n2)cc1OC. The van der Waals surface area contributed by atoms with Crippen molar-refractivity contribution in [2.24, 2.45) is 0 Å². The summed E-state index contributed by atoms with van der Waals surface area (Å²) in [6.45, 7) is 3.82. The maximum atomic E-state index is 12.7. The van der Waals surface area contributed by atoms with Gasteiger partial charge in [0.1, 0.15) is 13.2 Å². The van der Waals surface area contributed by atoms with E-state index in [9.17, 15) is 18.3 Å². The first-order chi connectivity index (χ1) is 16.7. The van der Waals surface area contributed by atoms with Gasteiger partial charge >= 0.3 is 6.18 Å². The molecule has 1 N–H and O–H groups in total. The van der Waals surface area contributed by atoms with Gasteiger partial charge in [0.05, 0.1) is 42.2 Å². The van der Waals surface area contributed by atoms with Crippen LogP contribution in [0.25, 0.3) is 27.8 Å². The van der Waals surface area contributed by atoms with Gasteiger partial charge < -0.3 is 19.3 Å². The molecular formula is C23H24F3N5O4. The Morgan fingerprint density at radius 1 is 1.11 bits per heavy atom. The molecule has 0 radical (unpaired) electrons. The number of hydrogen-bond donors (Lipinski definition) is 1. The van der Waals surface area contributed by atoms with E-state index in [2.05, 4.69) is 15.1 Å². The van der Waals surface area contributed by atoms with Crippen LogP contribution < -0.4 is 9.47 Å². The highest BCUT2D eigenvalue weighted by Crippen LogP contribution is 2.35. The van der Waals surface area contributed by atoms with E-state index in [0.29, 0.717) is 53.6 Å². The lowest BCUT2D eigenvalue weighted by molar-refractivity contribution is -0.142. The predicted molar refractivity (Wildman–Crippen MR) is 121 cm³/mol. The van der Waals surface area contributed by atoms with Gasteiger partial charge in [0, 0.05) is 30.8 Å². The molecule has 0 fully saturated rings. The number of nitrogens with zero attached hydrogens (tertiary/aromatic N) is 5. The minimum absolute atomic E-state index is 0.142. The third-order valence-electron chi connectivity index (χ3n) is 5.19. The maximum absolute atomic E-state index is 12.7. The normalized spacial score (nSPS) is 11.8. The summed E-state index contributed by atoms with van der Waals surface area (Å²) in [7, 11) is 1.51. The first kappa shape index (κ1) is 24.3. The van der Waals surface area contributed by atoms with Crippen LogP contribution in [0.15, 0.2) is 36.9 Å². The molecule has 0 saturated heterocycles. The fraction of sp³-hybridized carbons (Fsp3) is 0.348. The number of aromatic hydroxyl groups is 1. The number of hydrogen-bond acceptors (Lipinski definition) is 7. The highest BCUT2D eigenvalue weighted by atomic mass is 19.4. The van der Waals surface area contributed by atoms with Gasteiger partial charge in [0.25, 0.3) is 5.88 Å². The Kier molecular flexibility index (Phi) is 6.83. The van der Waals surface area contributed by atoms with Crippen molar-refractivity contribution in [1.82, 2.24) is 24.3 Å². The van der Waals surface area contributed by atoms with E-state index in [1.807, 2.05) is 6.92 Å². The molecule has 0 amide bonds. The number of halogens is 3. The van der Waals surface area contributed by atoms with Crippen molar-refractivity contribution < 1.29 is 32.5 Å². The smallest absolute Gasteiger partial charge is 0.408 e. The van der Waals surface area contributed by atoms with Crippen LogP contribution in [0.3, 0.4) is 0 Å². The molecule has 0 spiro atoms. The molecule has 0 aliphatic carbocycles. The molecule has 4 heterocycles. The summed E-state index contributed by atoms with van der Waals surface area (Å²) in [5.74, 6) is 0.612. The van der Waals surface area contributed by atoms with Crippen molar-refractivity contribution >= 4 is 10.9 Å². The third kappa shape index (κ3) is 5.32. The second-order valence-electron chi connectivity index (χ2n) is 7.70. The Morgan fingerprint density at radius 2 is 1.91 bits per heavy atom. The first-order valence-electron chi connectivity index (χ1n) is 10.8. The summed E-state index contributed by atoms with van der Waals surface area (Å²) < 4.78 is 56.4. The zero-order valence-corrected chi connectivity index (χ0v) is 19.3. The molecule has 0 unspecified atom stereocenters. The first-order valence-corrected chi connectivity index (χ1v) is 10.8. The molecule has 0 saturated carbocycles. The number of methoxy groups -OCH3 is 1. The molecule has 0 aliphatic rings. The lowest BCUT2D eigenvalue weighted by Gasteiger charge is -2.11. The lowest BCUT2D eigenvalue weighted by atomic mass is 10.1. The Morgan fingerprint density at radius 3 is 2.63 bits per heavy atom. The summed E-state index contributed by atoms with van der Waals surface area (Å²) in [5.41, 5.74) is 2.69. The average Bonchev–Trinajstić information content (AvgIpc) is 3.39. The molecule has 0 aliphatic heterocycles. The largest absolute Gasteiger partial charge is 0.494 e. The minimum Gasteiger partial charge on any atom is -0.494 e. The van der Waals surface area contributed by atoms with E-state index in [-0.39, 0.29) is 11.6 Å². The predicted octanol–water partition coefficient (Wildman–Crippen LogP) is 4.28. The summed E-state index contributed by atoms with van der Waals surface area (Å²) in [6, 6.07) is 3.53. The van der Waals surface area contributed by atoms with Gasteiger partial charge in [-0.2, -0.15) is 18.3 Å². The topological polar surface area (TPSA) is 96.5 Å². The molecule has 4 aromatic rings. The monoisotopic (exact) mass is 491 g/mol. The fourth-order valence-corrected chi connectivity index (χ4v) is 3.65. The number of aromatic nitrogens is 5. The van der Waals surface area contributed by atoms with E-state index >= 15 is 0 Å². The summed E-state index contributed by atoms with van der Waals surface area (Å²) in [5, 5.41) is 15.0. The van der Waals surface area contributed by atoms with Crippen LogP contribution in [0, 0.1) is 6.92 Å². The third-order valence-corrected chi connectivity index (χ3v) is 5.19. The molecule has 0 aromatic carbocycles. The average molecular weight is 491 g/mol. The standard InChI is InChI=1S/C23H24F3N5O4/c1-4-34-5-6-35-21-19(33-3)8-15(9-27-21)17-7-14(2)20-18(29-17)12-31(22(20)32)16-10-28-30(11-16)13-23(24,25)26/h7-12,32H,4-6,13H2,1-3H3. The molecule has 4 rings (SSSR count). The summed E-state index contributed by atoms with van der Waals surface area (Å²) in [6.07, 6.45) is 1.20. The Hall–Kier alpha value is -3.80. The summed E-state index contributed by atoms with van der Waals surface area (Å²) in [4.78, 5) is 8.96. The van der Waals surface area contributed by atoms with Gasteiger partial charge in [-0.1, -0.05) is 0 Å². The van der Waals surface area contributed by atoms with Crippen LogP contribution in [0.2, 0.25) is 0 Å². The summed E-state index contributed by atoms with van der Waals surface area (Å²) >= 11 is 0. The Bertz CT molecular complexity index is 1330. The molecular weight excluding hydrogens is 467 g/mol. The van der Waals surface area contributed by atoms with Crippen molar-refractivity contribution in [3.63, 3.8) is 0 Å². The number of pyridine rings is 2. The van der Waals surface area contributed by atoms with Gasteiger partial charge in [0.2, 0.25) is 5.88 Å². The van der Waals surface area contributed by atoms with Crippen LogP contribution in [-0.4, -0.2) is 62.5 Å². The zero-order chi connectivity index (χ0) is 25.2. The molecule has 0 atom stereocenters. The number of alkyl halides is 3. The van der Waals surface area contributed by atoms with Crippen LogP contribution in [0.4, 0.5) is 13.2 Å². The molecule has 4 aromatic heterocycles. The van der Waals surface area contributed by atoms with Crippen LogP contribution in [0.1, 0.15) is 12.5 Å².